The number of fused-ring (bicyclic) bond motifs is 1. The molecule has 0 aliphatic heterocycles. The van der Waals surface area contributed by atoms with E-state index in [1.54, 1.807) is 6.20 Å². The normalized spacial score (nSPS) is 10.7. The number of benzene rings is 1. The van der Waals surface area contributed by atoms with Gasteiger partial charge >= 0.3 is 0 Å². The van der Waals surface area contributed by atoms with Crippen molar-refractivity contribution in [3.05, 3.63) is 40.3 Å². The molecule has 3 nitrogen and oxygen atoms in total. The first-order valence-electron chi connectivity index (χ1n) is 4.69. The Bertz CT molecular complexity index is 528. The van der Waals surface area contributed by atoms with Gasteiger partial charge in [-0.1, -0.05) is 18.2 Å². The lowest BCUT2D eigenvalue weighted by Gasteiger charge is -2.04. The summed E-state index contributed by atoms with van der Waals surface area (Å²) in [5.41, 5.74) is 1.01. The molecule has 3 heteroatoms. The van der Waals surface area contributed by atoms with Crippen molar-refractivity contribution in [1.82, 2.24) is 9.78 Å². The molecule has 0 bridgehead atoms. The highest BCUT2D eigenvalue weighted by molar-refractivity contribution is 5.83. The number of rotatable bonds is 1. The van der Waals surface area contributed by atoms with Crippen molar-refractivity contribution < 1.29 is 0 Å². The van der Waals surface area contributed by atoms with Crippen LogP contribution in [0.3, 0.4) is 0 Å². The highest BCUT2D eigenvalue weighted by Crippen LogP contribution is 2.12. The van der Waals surface area contributed by atoms with E-state index >= 15 is 0 Å². The van der Waals surface area contributed by atoms with Gasteiger partial charge in [-0.15, -0.1) is 0 Å². The molecule has 1 aromatic carbocycles. The van der Waals surface area contributed by atoms with Gasteiger partial charge in [0.2, 0.25) is 0 Å². The molecule has 2 rings (SSSR count). The second-order valence-corrected chi connectivity index (χ2v) is 3.30. The molecule has 0 aliphatic carbocycles. The van der Waals surface area contributed by atoms with E-state index in [4.69, 9.17) is 0 Å². The third-order valence-corrected chi connectivity index (χ3v) is 2.39. The average molecular weight is 188 g/mol. The first-order valence-corrected chi connectivity index (χ1v) is 4.69. The van der Waals surface area contributed by atoms with Crippen molar-refractivity contribution >= 4 is 10.8 Å². The summed E-state index contributed by atoms with van der Waals surface area (Å²) in [5, 5.41) is 5.77. The minimum absolute atomic E-state index is 0.00287. The molecule has 0 N–H and O–H groups in total. The molecule has 0 aliphatic rings. The van der Waals surface area contributed by atoms with Crippen LogP contribution in [-0.4, -0.2) is 9.78 Å². The van der Waals surface area contributed by atoms with Crippen LogP contribution >= 0.6 is 0 Å². The molecule has 0 saturated heterocycles. The molecule has 0 atom stereocenters. The van der Waals surface area contributed by atoms with Crippen LogP contribution in [0.4, 0.5) is 0 Å². The number of nitrogens with zero attached hydrogens (tertiary/aromatic N) is 2. The maximum atomic E-state index is 11.9. The fourth-order valence-corrected chi connectivity index (χ4v) is 1.63. The van der Waals surface area contributed by atoms with Gasteiger partial charge in [0, 0.05) is 11.9 Å². The molecule has 1 heterocycles. The number of aromatic nitrogens is 2. The first-order chi connectivity index (χ1) is 6.74. The topological polar surface area (TPSA) is 34.9 Å². The smallest absolute Gasteiger partial charge is 0.267 e. The molecule has 1 aromatic heterocycles. The van der Waals surface area contributed by atoms with Gasteiger partial charge in [0.05, 0.1) is 11.6 Å². The van der Waals surface area contributed by atoms with Gasteiger partial charge in [-0.05, 0) is 19.4 Å². The van der Waals surface area contributed by atoms with Crippen molar-refractivity contribution in [2.75, 3.05) is 0 Å². The van der Waals surface area contributed by atoms with Crippen LogP contribution in [-0.2, 0) is 6.54 Å². The molecular weight excluding hydrogens is 176 g/mol. The molecule has 0 spiro atoms. The number of hydrogen-bond donors (Lipinski definition) is 0. The van der Waals surface area contributed by atoms with Crippen LogP contribution in [0.2, 0.25) is 0 Å². The Hall–Kier alpha value is -1.64. The average Bonchev–Trinajstić information content (AvgIpc) is 2.18. The first kappa shape index (κ1) is 8.94. The van der Waals surface area contributed by atoms with Crippen LogP contribution in [0.5, 0.6) is 0 Å². The minimum atomic E-state index is 0.00287. The quantitative estimate of drug-likeness (QED) is 0.683. The predicted molar refractivity (Wildman–Crippen MR) is 56.4 cm³/mol. The minimum Gasteiger partial charge on any atom is -0.267 e. The van der Waals surface area contributed by atoms with E-state index in [0.717, 1.165) is 16.3 Å². The standard InChI is InChI=1S/C11H12N2O/c1-3-13-11(14)10-8(2)5-4-6-9(10)7-12-13/h4-7H,3H2,1-2H3. The van der Waals surface area contributed by atoms with E-state index in [9.17, 15) is 4.79 Å². The number of hydrogen-bond acceptors (Lipinski definition) is 2. The maximum absolute atomic E-state index is 11.9. The van der Waals surface area contributed by atoms with E-state index in [0.29, 0.717) is 6.54 Å². The highest BCUT2D eigenvalue weighted by atomic mass is 16.1. The van der Waals surface area contributed by atoms with Crippen LogP contribution in [0.15, 0.2) is 29.2 Å². The van der Waals surface area contributed by atoms with Gasteiger partial charge in [0.15, 0.2) is 0 Å². The summed E-state index contributed by atoms with van der Waals surface area (Å²) in [4.78, 5) is 11.9. The van der Waals surface area contributed by atoms with Crippen LogP contribution < -0.4 is 5.56 Å². The van der Waals surface area contributed by atoms with Gasteiger partial charge in [0.1, 0.15) is 0 Å². The Morgan fingerprint density at radius 3 is 2.93 bits per heavy atom. The zero-order chi connectivity index (χ0) is 10.1. The van der Waals surface area contributed by atoms with Crippen LogP contribution in [0, 0.1) is 6.92 Å². The van der Waals surface area contributed by atoms with Crippen LogP contribution in [0.1, 0.15) is 12.5 Å². The third-order valence-electron chi connectivity index (χ3n) is 2.39. The Morgan fingerprint density at radius 2 is 2.21 bits per heavy atom. The summed E-state index contributed by atoms with van der Waals surface area (Å²) in [6.07, 6.45) is 1.74. The van der Waals surface area contributed by atoms with Crippen molar-refractivity contribution in [2.24, 2.45) is 0 Å². The summed E-state index contributed by atoms with van der Waals surface area (Å²) >= 11 is 0. The summed E-state index contributed by atoms with van der Waals surface area (Å²) in [7, 11) is 0. The molecule has 0 saturated carbocycles. The van der Waals surface area contributed by atoms with Crippen molar-refractivity contribution in [1.29, 1.82) is 0 Å². The molecular formula is C11H12N2O. The van der Waals surface area contributed by atoms with Crippen molar-refractivity contribution in [2.45, 2.75) is 20.4 Å². The fraction of sp³-hybridized carbons (Fsp3) is 0.273. The van der Waals surface area contributed by atoms with E-state index in [1.807, 2.05) is 32.0 Å². The Kier molecular flexibility index (Phi) is 2.08. The fourth-order valence-electron chi connectivity index (χ4n) is 1.63. The predicted octanol–water partition coefficient (Wildman–Crippen LogP) is 1.72. The monoisotopic (exact) mass is 188 g/mol. The lowest BCUT2D eigenvalue weighted by molar-refractivity contribution is 0.623. The SMILES string of the molecule is CCn1ncc2cccc(C)c2c1=O. The molecule has 0 amide bonds. The zero-order valence-electron chi connectivity index (χ0n) is 8.32. The second-order valence-electron chi connectivity index (χ2n) is 3.30. The molecule has 2 aromatic rings. The molecule has 0 fully saturated rings. The summed E-state index contributed by atoms with van der Waals surface area (Å²) in [6.45, 7) is 4.48. The molecule has 0 radical (unpaired) electrons. The largest absolute Gasteiger partial charge is 0.274 e. The zero-order valence-corrected chi connectivity index (χ0v) is 8.32. The maximum Gasteiger partial charge on any atom is 0.274 e. The van der Waals surface area contributed by atoms with Crippen molar-refractivity contribution in [3.63, 3.8) is 0 Å². The highest BCUT2D eigenvalue weighted by Gasteiger charge is 2.04. The third kappa shape index (κ3) is 1.21. The number of aryl methyl sites for hydroxylation is 2. The van der Waals surface area contributed by atoms with Crippen molar-refractivity contribution in [3.8, 4) is 0 Å². The Morgan fingerprint density at radius 1 is 1.43 bits per heavy atom. The van der Waals surface area contributed by atoms with E-state index in [2.05, 4.69) is 5.10 Å². The molecule has 14 heavy (non-hydrogen) atoms. The molecule has 72 valence electrons. The van der Waals surface area contributed by atoms with Gasteiger partial charge in [-0.2, -0.15) is 5.10 Å². The van der Waals surface area contributed by atoms with E-state index < -0.39 is 0 Å². The summed E-state index contributed by atoms with van der Waals surface area (Å²) < 4.78 is 1.48. The second kappa shape index (κ2) is 3.25. The summed E-state index contributed by atoms with van der Waals surface area (Å²) in [6, 6.07) is 5.80. The Labute approximate surface area is 82.0 Å². The van der Waals surface area contributed by atoms with Gasteiger partial charge in [0.25, 0.3) is 5.56 Å². The van der Waals surface area contributed by atoms with Gasteiger partial charge in [-0.25, -0.2) is 4.68 Å². The van der Waals surface area contributed by atoms with E-state index in [1.165, 1.54) is 4.68 Å². The van der Waals surface area contributed by atoms with Gasteiger partial charge in [-0.3, -0.25) is 4.79 Å². The summed E-state index contributed by atoms with van der Waals surface area (Å²) in [5.74, 6) is 0. The lowest BCUT2D eigenvalue weighted by Crippen LogP contribution is -2.22. The van der Waals surface area contributed by atoms with Gasteiger partial charge < -0.3 is 0 Å². The Balaban J connectivity index is 2.94. The lowest BCUT2D eigenvalue weighted by atomic mass is 10.1. The molecule has 0 unspecified atom stereocenters. The van der Waals surface area contributed by atoms with Crippen LogP contribution in [0.25, 0.3) is 10.8 Å². The van der Waals surface area contributed by atoms with E-state index in [-0.39, 0.29) is 5.56 Å².